The second kappa shape index (κ2) is 6.84. The number of carbonyl (C=O) groups excluding carboxylic acids is 1. The van der Waals surface area contributed by atoms with Crippen LogP contribution in [0.25, 0.3) is 10.7 Å². The molecule has 7 heteroatoms. The van der Waals surface area contributed by atoms with Gasteiger partial charge in [0.2, 0.25) is 0 Å². The Morgan fingerprint density at radius 3 is 2.81 bits per heavy atom. The molecule has 0 aliphatic carbocycles. The van der Waals surface area contributed by atoms with Crippen LogP contribution in [0.2, 0.25) is 0 Å². The summed E-state index contributed by atoms with van der Waals surface area (Å²) >= 11 is 1.41. The standard InChI is InChI=1S/C19H19N5OS/c1-13-7-10-23(2)16-5-3-4-6-17(16)24(13)19(25)15-12-26-18(22-15)14-11-20-8-9-21-14/h3-6,8-9,11-13H,7,10H2,1-2H3/t13-/m0/s1. The van der Waals surface area contributed by atoms with Crippen LogP contribution in [0.3, 0.4) is 0 Å². The molecule has 0 spiro atoms. The molecule has 0 saturated heterocycles. The molecule has 0 unspecified atom stereocenters. The highest BCUT2D eigenvalue weighted by Gasteiger charge is 2.30. The van der Waals surface area contributed by atoms with Crippen molar-refractivity contribution in [3.05, 3.63) is 53.9 Å². The third-order valence-corrected chi connectivity index (χ3v) is 5.46. The largest absolute Gasteiger partial charge is 0.373 e. The van der Waals surface area contributed by atoms with Crippen molar-refractivity contribution in [2.75, 3.05) is 23.4 Å². The number of hydrogen-bond donors (Lipinski definition) is 0. The predicted octanol–water partition coefficient (Wildman–Crippen LogP) is 3.48. The molecule has 1 atom stereocenters. The highest BCUT2D eigenvalue weighted by Crippen LogP contribution is 2.35. The van der Waals surface area contributed by atoms with Crippen LogP contribution in [0.4, 0.5) is 11.4 Å². The van der Waals surface area contributed by atoms with E-state index in [-0.39, 0.29) is 11.9 Å². The Kier molecular flexibility index (Phi) is 4.38. The summed E-state index contributed by atoms with van der Waals surface area (Å²) in [5.74, 6) is -0.0772. The van der Waals surface area contributed by atoms with E-state index in [2.05, 4.69) is 39.9 Å². The van der Waals surface area contributed by atoms with Gasteiger partial charge in [0.1, 0.15) is 16.4 Å². The van der Waals surface area contributed by atoms with Crippen molar-refractivity contribution in [3.63, 3.8) is 0 Å². The molecule has 0 fully saturated rings. The fraction of sp³-hybridized carbons (Fsp3) is 0.263. The lowest BCUT2D eigenvalue weighted by Gasteiger charge is -2.27. The lowest BCUT2D eigenvalue weighted by Crippen LogP contribution is -2.38. The Balaban J connectivity index is 1.71. The van der Waals surface area contributed by atoms with Crippen LogP contribution in [-0.4, -0.2) is 40.5 Å². The van der Waals surface area contributed by atoms with E-state index in [1.807, 2.05) is 23.1 Å². The Hall–Kier alpha value is -2.80. The van der Waals surface area contributed by atoms with E-state index < -0.39 is 0 Å². The molecule has 0 saturated carbocycles. The van der Waals surface area contributed by atoms with E-state index in [4.69, 9.17) is 0 Å². The van der Waals surface area contributed by atoms with Crippen LogP contribution >= 0.6 is 11.3 Å². The van der Waals surface area contributed by atoms with Crippen LogP contribution in [-0.2, 0) is 0 Å². The molecule has 0 radical (unpaired) electrons. The maximum absolute atomic E-state index is 13.3. The molecule has 4 rings (SSSR count). The number of rotatable bonds is 2. The van der Waals surface area contributed by atoms with Gasteiger partial charge in [0.15, 0.2) is 0 Å². The Bertz CT molecular complexity index is 926. The van der Waals surface area contributed by atoms with Crippen molar-refractivity contribution in [1.82, 2.24) is 15.0 Å². The lowest BCUT2D eigenvalue weighted by atomic mass is 10.1. The molecule has 1 amide bonds. The molecule has 1 aliphatic heterocycles. The molecule has 1 aliphatic rings. The molecule has 0 bridgehead atoms. The Morgan fingerprint density at radius 2 is 2.04 bits per heavy atom. The number of carbonyl (C=O) groups is 1. The van der Waals surface area contributed by atoms with E-state index >= 15 is 0 Å². The monoisotopic (exact) mass is 365 g/mol. The van der Waals surface area contributed by atoms with Gasteiger partial charge in [-0.1, -0.05) is 12.1 Å². The Labute approximate surface area is 156 Å². The minimum Gasteiger partial charge on any atom is -0.373 e. The second-order valence-electron chi connectivity index (χ2n) is 6.35. The topological polar surface area (TPSA) is 62.2 Å². The maximum Gasteiger partial charge on any atom is 0.278 e. The molecule has 1 aromatic carbocycles. The summed E-state index contributed by atoms with van der Waals surface area (Å²) in [6, 6.07) is 8.12. The zero-order chi connectivity index (χ0) is 18.1. The highest BCUT2D eigenvalue weighted by atomic mass is 32.1. The van der Waals surface area contributed by atoms with E-state index in [1.54, 1.807) is 24.0 Å². The third kappa shape index (κ3) is 2.94. The van der Waals surface area contributed by atoms with Crippen molar-refractivity contribution >= 4 is 28.6 Å². The van der Waals surface area contributed by atoms with Gasteiger partial charge in [-0.15, -0.1) is 11.3 Å². The molecule has 6 nitrogen and oxygen atoms in total. The average molecular weight is 365 g/mol. The molecular weight excluding hydrogens is 346 g/mol. The average Bonchev–Trinajstić information content (AvgIpc) is 3.13. The molecule has 0 N–H and O–H groups in total. The molecular formula is C19H19N5OS. The molecule has 3 heterocycles. The van der Waals surface area contributed by atoms with Gasteiger partial charge in [-0.2, -0.15) is 0 Å². The van der Waals surface area contributed by atoms with Gasteiger partial charge < -0.3 is 9.80 Å². The summed E-state index contributed by atoms with van der Waals surface area (Å²) in [6.45, 7) is 2.99. The number of thiazole rings is 1. The van der Waals surface area contributed by atoms with Gasteiger partial charge in [0, 0.05) is 37.4 Å². The quantitative estimate of drug-likeness (QED) is 0.696. The second-order valence-corrected chi connectivity index (χ2v) is 7.21. The summed E-state index contributed by atoms with van der Waals surface area (Å²) in [7, 11) is 2.06. The van der Waals surface area contributed by atoms with Crippen LogP contribution in [0, 0.1) is 0 Å². The summed E-state index contributed by atoms with van der Waals surface area (Å²) in [6.07, 6.45) is 5.81. The fourth-order valence-electron chi connectivity index (χ4n) is 3.19. The molecule has 26 heavy (non-hydrogen) atoms. The number of hydrogen-bond acceptors (Lipinski definition) is 6. The summed E-state index contributed by atoms with van der Waals surface area (Å²) < 4.78 is 0. The number of anilines is 2. The van der Waals surface area contributed by atoms with Gasteiger partial charge in [0.05, 0.1) is 17.6 Å². The molecule has 132 valence electrons. The van der Waals surface area contributed by atoms with Gasteiger partial charge in [-0.3, -0.25) is 14.8 Å². The van der Waals surface area contributed by atoms with Gasteiger partial charge in [-0.25, -0.2) is 4.98 Å². The first-order valence-corrected chi connectivity index (χ1v) is 9.39. The smallest absolute Gasteiger partial charge is 0.278 e. The van der Waals surface area contributed by atoms with Crippen molar-refractivity contribution in [3.8, 4) is 10.7 Å². The first-order valence-electron chi connectivity index (χ1n) is 8.51. The predicted molar refractivity (Wildman–Crippen MR) is 104 cm³/mol. The number of benzene rings is 1. The van der Waals surface area contributed by atoms with Crippen molar-refractivity contribution in [2.45, 2.75) is 19.4 Å². The van der Waals surface area contributed by atoms with Crippen molar-refractivity contribution in [1.29, 1.82) is 0 Å². The van der Waals surface area contributed by atoms with Crippen LogP contribution < -0.4 is 9.80 Å². The normalized spacial score (nSPS) is 16.9. The number of para-hydroxylation sites is 2. The molecule has 2 aromatic heterocycles. The summed E-state index contributed by atoms with van der Waals surface area (Å²) in [4.78, 5) is 30.2. The highest BCUT2D eigenvalue weighted by molar-refractivity contribution is 7.13. The summed E-state index contributed by atoms with van der Waals surface area (Å²) in [5.41, 5.74) is 3.12. The Morgan fingerprint density at radius 1 is 1.23 bits per heavy atom. The van der Waals surface area contributed by atoms with E-state index in [9.17, 15) is 4.79 Å². The lowest BCUT2D eigenvalue weighted by molar-refractivity contribution is 0.0974. The first kappa shape index (κ1) is 16.7. The minimum absolute atomic E-state index is 0.0772. The van der Waals surface area contributed by atoms with Gasteiger partial charge in [-0.05, 0) is 25.5 Å². The number of nitrogens with zero attached hydrogens (tertiary/aromatic N) is 5. The third-order valence-electron chi connectivity index (χ3n) is 4.60. The zero-order valence-electron chi connectivity index (χ0n) is 14.7. The maximum atomic E-state index is 13.3. The van der Waals surface area contributed by atoms with Gasteiger partial charge >= 0.3 is 0 Å². The van der Waals surface area contributed by atoms with E-state index in [1.165, 1.54) is 11.3 Å². The van der Waals surface area contributed by atoms with E-state index in [0.717, 1.165) is 24.3 Å². The van der Waals surface area contributed by atoms with Crippen LogP contribution in [0.1, 0.15) is 23.8 Å². The first-order chi connectivity index (χ1) is 12.6. The van der Waals surface area contributed by atoms with Crippen molar-refractivity contribution in [2.24, 2.45) is 0 Å². The van der Waals surface area contributed by atoms with Crippen LogP contribution in [0.15, 0.2) is 48.2 Å². The number of aromatic nitrogens is 3. The molecule has 3 aromatic rings. The summed E-state index contributed by atoms with van der Waals surface area (Å²) in [5, 5.41) is 2.50. The number of amides is 1. The van der Waals surface area contributed by atoms with Crippen LogP contribution in [0.5, 0.6) is 0 Å². The van der Waals surface area contributed by atoms with E-state index in [0.29, 0.717) is 16.4 Å². The van der Waals surface area contributed by atoms with Crippen molar-refractivity contribution < 1.29 is 4.79 Å². The number of fused-ring (bicyclic) bond motifs is 1. The zero-order valence-corrected chi connectivity index (χ0v) is 15.5. The SMILES string of the molecule is C[C@H]1CCN(C)c2ccccc2N1C(=O)c1csc(-c2cnccn2)n1. The van der Waals surface area contributed by atoms with Gasteiger partial charge in [0.25, 0.3) is 5.91 Å². The minimum atomic E-state index is -0.0772. The fourth-order valence-corrected chi connectivity index (χ4v) is 3.94.